The molecule has 1 aromatic heterocycles. The maximum atomic E-state index is 13.5. The Kier molecular flexibility index (Phi) is 5.34. The van der Waals surface area contributed by atoms with Crippen molar-refractivity contribution in [1.82, 2.24) is 14.4 Å². The number of benzene rings is 2. The number of fused-ring (bicyclic) bond motifs is 3. The van der Waals surface area contributed by atoms with Crippen molar-refractivity contribution in [3.8, 4) is 0 Å². The van der Waals surface area contributed by atoms with E-state index in [1.165, 1.54) is 33.4 Å². The van der Waals surface area contributed by atoms with Crippen LogP contribution >= 0.6 is 11.6 Å². The number of nitrogens with zero attached hydrogens (tertiary/aromatic N) is 4. The van der Waals surface area contributed by atoms with Gasteiger partial charge in [0, 0.05) is 66.6 Å². The third-order valence-electron chi connectivity index (χ3n) is 7.75. The van der Waals surface area contributed by atoms with Crippen LogP contribution in [0.1, 0.15) is 35.7 Å². The second kappa shape index (κ2) is 8.37. The molecule has 5 nitrogen and oxygen atoms in total. The number of carbonyl (C=O) groups is 1. The van der Waals surface area contributed by atoms with Crippen LogP contribution in [0.25, 0.3) is 10.9 Å². The van der Waals surface area contributed by atoms with Gasteiger partial charge in [-0.25, -0.2) is 0 Å². The van der Waals surface area contributed by atoms with Crippen molar-refractivity contribution in [2.45, 2.75) is 38.8 Å². The summed E-state index contributed by atoms with van der Waals surface area (Å²) in [6.45, 7) is 8.07. The number of amides is 1. The van der Waals surface area contributed by atoms with Crippen molar-refractivity contribution in [2.24, 2.45) is 0 Å². The molecule has 1 unspecified atom stereocenters. The molecule has 2 aliphatic heterocycles. The molecule has 3 heterocycles. The summed E-state index contributed by atoms with van der Waals surface area (Å²) in [6, 6.07) is 15.1. The Bertz CT molecular complexity index is 1210. The average molecular weight is 463 g/mol. The highest BCUT2D eigenvalue weighted by Gasteiger charge is 2.37. The molecule has 1 atom stereocenters. The van der Waals surface area contributed by atoms with E-state index in [9.17, 15) is 4.79 Å². The zero-order valence-electron chi connectivity index (χ0n) is 19.3. The molecule has 1 amide bonds. The number of rotatable bonds is 3. The second-order valence-electron chi connectivity index (χ2n) is 9.77. The Balaban J connectivity index is 1.16. The van der Waals surface area contributed by atoms with Gasteiger partial charge in [0.25, 0.3) is 0 Å². The van der Waals surface area contributed by atoms with E-state index in [4.69, 9.17) is 11.6 Å². The maximum absolute atomic E-state index is 13.5. The molecule has 1 saturated heterocycles. The maximum Gasteiger partial charge on any atom is 0.237 e. The number of aromatic nitrogens is 1. The summed E-state index contributed by atoms with van der Waals surface area (Å²) >= 11 is 6.17. The Labute approximate surface area is 200 Å². The van der Waals surface area contributed by atoms with Gasteiger partial charge in [-0.1, -0.05) is 29.3 Å². The smallest absolute Gasteiger partial charge is 0.237 e. The Morgan fingerprint density at radius 2 is 1.88 bits per heavy atom. The molecule has 0 spiro atoms. The first-order valence-corrected chi connectivity index (χ1v) is 12.6. The van der Waals surface area contributed by atoms with E-state index in [0.717, 1.165) is 63.6 Å². The van der Waals surface area contributed by atoms with Gasteiger partial charge >= 0.3 is 0 Å². The fourth-order valence-electron chi connectivity index (χ4n) is 6.14. The summed E-state index contributed by atoms with van der Waals surface area (Å²) in [5.41, 5.74) is 6.72. The summed E-state index contributed by atoms with van der Waals surface area (Å²) in [5, 5.41) is 2.18. The van der Waals surface area contributed by atoms with E-state index in [-0.39, 0.29) is 11.9 Å². The monoisotopic (exact) mass is 462 g/mol. The molecule has 1 aliphatic carbocycles. The van der Waals surface area contributed by atoms with Gasteiger partial charge in [0.1, 0.15) is 0 Å². The van der Waals surface area contributed by atoms with Crippen molar-refractivity contribution >= 4 is 34.1 Å². The fraction of sp³-hybridized carbons (Fsp3) is 0.444. The minimum atomic E-state index is 0.232. The number of anilines is 1. The Morgan fingerprint density at radius 3 is 2.70 bits per heavy atom. The van der Waals surface area contributed by atoms with Gasteiger partial charge in [-0.2, -0.15) is 0 Å². The average Bonchev–Trinajstić information content (AvgIpc) is 3.14. The van der Waals surface area contributed by atoms with Gasteiger partial charge in [0.2, 0.25) is 5.91 Å². The number of halogens is 1. The van der Waals surface area contributed by atoms with Crippen molar-refractivity contribution in [1.29, 1.82) is 0 Å². The van der Waals surface area contributed by atoms with Crippen LogP contribution in [0.5, 0.6) is 0 Å². The van der Waals surface area contributed by atoms with Crippen LogP contribution in [0.3, 0.4) is 0 Å². The lowest BCUT2D eigenvalue weighted by molar-refractivity contribution is -0.136. The number of hydrogen-bond acceptors (Lipinski definition) is 3. The van der Waals surface area contributed by atoms with Crippen molar-refractivity contribution in [2.75, 3.05) is 44.2 Å². The highest BCUT2D eigenvalue weighted by atomic mass is 35.5. The molecule has 0 bridgehead atoms. The molecule has 6 heteroatoms. The molecule has 2 aromatic carbocycles. The van der Waals surface area contributed by atoms with Crippen LogP contribution in [-0.4, -0.2) is 59.5 Å². The van der Waals surface area contributed by atoms with Crippen molar-refractivity contribution in [3.63, 3.8) is 0 Å². The molecule has 33 heavy (non-hydrogen) atoms. The molecule has 1 fully saturated rings. The van der Waals surface area contributed by atoms with Gasteiger partial charge in [0.15, 0.2) is 0 Å². The van der Waals surface area contributed by atoms with Gasteiger partial charge in [-0.05, 0) is 62.1 Å². The van der Waals surface area contributed by atoms with E-state index >= 15 is 0 Å². The topological polar surface area (TPSA) is 31.7 Å². The first-order chi connectivity index (χ1) is 16.1. The molecule has 0 radical (unpaired) electrons. The van der Waals surface area contributed by atoms with Crippen LogP contribution < -0.4 is 4.90 Å². The summed E-state index contributed by atoms with van der Waals surface area (Å²) in [5.74, 6) is 0.289. The van der Waals surface area contributed by atoms with Crippen LogP contribution in [-0.2, 0) is 17.8 Å². The van der Waals surface area contributed by atoms with Crippen LogP contribution in [0.4, 0.5) is 5.69 Å². The quantitative estimate of drug-likeness (QED) is 0.568. The Hall–Kier alpha value is -2.50. The van der Waals surface area contributed by atoms with Gasteiger partial charge in [-0.3, -0.25) is 9.69 Å². The first-order valence-electron chi connectivity index (χ1n) is 12.2. The SMILES string of the molecule is Cc1ccc2c(c1)c1c3n2CCN(C(=O)CN2CCN(c4cccc(Cl)c4)CC2)C3CCC1. The third kappa shape index (κ3) is 3.71. The lowest BCUT2D eigenvalue weighted by Gasteiger charge is -2.42. The van der Waals surface area contributed by atoms with E-state index in [1.807, 2.05) is 18.2 Å². The van der Waals surface area contributed by atoms with Crippen LogP contribution in [0.2, 0.25) is 5.02 Å². The number of aryl methyl sites for hydroxylation is 2. The minimum Gasteiger partial charge on any atom is -0.369 e. The standard InChI is InChI=1S/C27H31ClN4O/c1-19-8-9-24-23(16-19)22-6-3-7-25-27(22)32(24)15-14-31(25)26(33)18-29-10-12-30(13-11-29)21-5-2-4-20(28)17-21/h2,4-5,8-9,16-17,25H,3,6-7,10-15,18H2,1H3. The van der Waals surface area contributed by atoms with E-state index in [1.54, 1.807) is 0 Å². The lowest BCUT2D eigenvalue weighted by Crippen LogP contribution is -2.52. The number of piperazine rings is 1. The van der Waals surface area contributed by atoms with Gasteiger partial charge in [0.05, 0.1) is 12.6 Å². The molecule has 0 N–H and O–H groups in total. The van der Waals surface area contributed by atoms with E-state index in [0.29, 0.717) is 6.54 Å². The highest BCUT2D eigenvalue weighted by Crippen LogP contribution is 2.42. The molecule has 3 aliphatic rings. The molecular formula is C27H31ClN4O. The minimum absolute atomic E-state index is 0.232. The van der Waals surface area contributed by atoms with Gasteiger partial charge < -0.3 is 14.4 Å². The van der Waals surface area contributed by atoms with E-state index < -0.39 is 0 Å². The summed E-state index contributed by atoms with van der Waals surface area (Å²) in [6.07, 6.45) is 3.37. The molecule has 172 valence electrons. The zero-order valence-corrected chi connectivity index (χ0v) is 20.0. The summed E-state index contributed by atoms with van der Waals surface area (Å²) in [4.78, 5) is 20.4. The molecule has 3 aromatic rings. The predicted octanol–water partition coefficient (Wildman–Crippen LogP) is 4.64. The van der Waals surface area contributed by atoms with E-state index in [2.05, 4.69) is 50.5 Å². The first kappa shape index (κ1) is 21.1. The molecule has 6 rings (SSSR count). The summed E-state index contributed by atoms with van der Waals surface area (Å²) < 4.78 is 2.50. The summed E-state index contributed by atoms with van der Waals surface area (Å²) in [7, 11) is 0. The highest BCUT2D eigenvalue weighted by molar-refractivity contribution is 6.30. The van der Waals surface area contributed by atoms with Crippen LogP contribution in [0.15, 0.2) is 42.5 Å². The fourth-order valence-corrected chi connectivity index (χ4v) is 6.32. The van der Waals surface area contributed by atoms with Crippen molar-refractivity contribution in [3.05, 3.63) is 64.3 Å². The molecule has 0 saturated carbocycles. The van der Waals surface area contributed by atoms with Crippen LogP contribution in [0, 0.1) is 6.92 Å². The largest absolute Gasteiger partial charge is 0.369 e. The van der Waals surface area contributed by atoms with Crippen molar-refractivity contribution < 1.29 is 4.79 Å². The predicted molar refractivity (Wildman–Crippen MR) is 134 cm³/mol. The lowest BCUT2D eigenvalue weighted by atomic mass is 9.89. The normalized spacial score (nSPS) is 20.8. The zero-order chi connectivity index (χ0) is 22.5. The Morgan fingerprint density at radius 1 is 1.03 bits per heavy atom. The number of hydrogen-bond donors (Lipinski definition) is 0. The number of carbonyl (C=O) groups excluding carboxylic acids is 1. The second-order valence-corrected chi connectivity index (χ2v) is 10.2. The molecular weight excluding hydrogens is 432 g/mol. The van der Waals surface area contributed by atoms with Gasteiger partial charge in [-0.15, -0.1) is 0 Å². The third-order valence-corrected chi connectivity index (χ3v) is 7.99.